The van der Waals surface area contributed by atoms with E-state index in [1.165, 1.54) is 0 Å². The zero-order valence-corrected chi connectivity index (χ0v) is 12.4. The van der Waals surface area contributed by atoms with Crippen LogP contribution < -0.4 is 5.32 Å². The Labute approximate surface area is 115 Å². The van der Waals surface area contributed by atoms with Crippen molar-refractivity contribution in [2.45, 2.75) is 51.3 Å². The molecule has 2 rings (SSSR count). The first-order valence-corrected chi connectivity index (χ1v) is 7.17. The molecule has 0 radical (unpaired) electrons. The maximum atomic E-state index is 12.3. The first kappa shape index (κ1) is 14.6. The van der Waals surface area contributed by atoms with Gasteiger partial charge in [0.15, 0.2) is 0 Å². The van der Waals surface area contributed by atoms with Crippen LogP contribution in [0.4, 0.5) is 4.79 Å². The highest BCUT2D eigenvalue weighted by molar-refractivity contribution is 5.68. The van der Waals surface area contributed by atoms with Crippen LogP contribution in [0, 0.1) is 5.92 Å². The molecule has 0 aromatic carbocycles. The third-order valence-corrected chi connectivity index (χ3v) is 3.96. The average Bonchev–Trinajstić information content (AvgIpc) is 2.35. The normalized spacial score (nSPS) is 31.8. The highest BCUT2D eigenvalue weighted by Crippen LogP contribution is 2.30. The third kappa shape index (κ3) is 3.39. The Bertz CT molecular complexity index is 327. The van der Waals surface area contributed by atoms with Gasteiger partial charge in [0.25, 0.3) is 0 Å². The second-order valence-corrected chi connectivity index (χ2v) is 6.45. The minimum atomic E-state index is -0.433. The van der Waals surface area contributed by atoms with Crippen molar-refractivity contribution in [2.24, 2.45) is 5.92 Å². The highest BCUT2D eigenvalue weighted by atomic mass is 16.6. The van der Waals surface area contributed by atoms with E-state index in [0.717, 1.165) is 32.6 Å². The van der Waals surface area contributed by atoms with Crippen molar-refractivity contribution in [1.82, 2.24) is 10.2 Å². The summed E-state index contributed by atoms with van der Waals surface area (Å²) in [6.45, 7) is 7.96. The molecule has 0 bridgehead atoms. The first-order chi connectivity index (χ1) is 8.92. The van der Waals surface area contributed by atoms with Gasteiger partial charge in [0, 0.05) is 31.2 Å². The molecule has 2 aliphatic heterocycles. The van der Waals surface area contributed by atoms with Gasteiger partial charge in [0.05, 0.1) is 6.61 Å². The molecular formula is C14H26N2O3. The summed E-state index contributed by atoms with van der Waals surface area (Å²) < 4.78 is 11.1. The molecule has 2 heterocycles. The molecule has 2 saturated heterocycles. The molecule has 0 aliphatic carbocycles. The first-order valence-electron chi connectivity index (χ1n) is 7.17. The van der Waals surface area contributed by atoms with Gasteiger partial charge < -0.3 is 19.7 Å². The number of hydrogen-bond acceptors (Lipinski definition) is 4. The fraction of sp³-hybridized carbons (Fsp3) is 0.929. The largest absolute Gasteiger partial charge is 0.444 e. The maximum absolute atomic E-state index is 12.3. The summed E-state index contributed by atoms with van der Waals surface area (Å²) in [5.74, 6) is 0.375. The van der Waals surface area contributed by atoms with Crippen molar-refractivity contribution in [2.75, 3.05) is 26.8 Å². The lowest BCUT2D eigenvalue weighted by Crippen LogP contribution is -2.60. The van der Waals surface area contributed by atoms with E-state index in [1.807, 2.05) is 32.7 Å². The predicted molar refractivity (Wildman–Crippen MR) is 73.1 cm³/mol. The molecule has 0 spiro atoms. The summed E-state index contributed by atoms with van der Waals surface area (Å²) in [6, 6.07) is 0.679. The molecule has 110 valence electrons. The van der Waals surface area contributed by atoms with Crippen molar-refractivity contribution in [3.05, 3.63) is 0 Å². The Morgan fingerprint density at radius 1 is 1.37 bits per heavy atom. The quantitative estimate of drug-likeness (QED) is 0.786. The SMILES string of the molecule is CNC1CCN(C(=O)OC(C)(C)C)C2CCOCC12. The van der Waals surface area contributed by atoms with Crippen molar-refractivity contribution < 1.29 is 14.3 Å². The van der Waals surface area contributed by atoms with E-state index in [9.17, 15) is 4.79 Å². The zero-order valence-electron chi connectivity index (χ0n) is 12.4. The number of ether oxygens (including phenoxy) is 2. The van der Waals surface area contributed by atoms with Crippen LogP contribution in [0.3, 0.4) is 0 Å². The molecule has 1 N–H and O–H groups in total. The van der Waals surface area contributed by atoms with Crippen LogP contribution in [0.25, 0.3) is 0 Å². The zero-order chi connectivity index (χ0) is 14.0. The molecule has 2 aliphatic rings. The van der Waals surface area contributed by atoms with Gasteiger partial charge in [0.2, 0.25) is 0 Å². The summed E-state index contributed by atoms with van der Waals surface area (Å²) in [5.41, 5.74) is -0.433. The van der Waals surface area contributed by atoms with E-state index in [2.05, 4.69) is 5.32 Å². The molecule has 2 fully saturated rings. The van der Waals surface area contributed by atoms with Gasteiger partial charge in [-0.15, -0.1) is 0 Å². The lowest BCUT2D eigenvalue weighted by molar-refractivity contribution is -0.0573. The number of hydrogen-bond donors (Lipinski definition) is 1. The highest BCUT2D eigenvalue weighted by Gasteiger charge is 2.42. The number of nitrogens with zero attached hydrogens (tertiary/aromatic N) is 1. The number of piperidine rings is 1. The third-order valence-electron chi connectivity index (χ3n) is 3.96. The Morgan fingerprint density at radius 2 is 2.11 bits per heavy atom. The molecule has 5 nitrogen and oxygen atoms in total. The molecule has 3 atom stereocenters. The van der Waals surface area contributed by atoms with E-state index in [-0.39, 0.29) is 12.1 Å². The molecular weight excluding hydrogens is 244 g/mol. The number of likely N-dealkylation sites (tertiary alicyclic amines) is 1. The summed E-state index contributed by atoms with van der Waals surface area (Å²) in [5, 5.41) is 3.35. The second kappa shape index (κ2) is 5.67. The average molecular weight is 270 g/mol. The van der Waals surface area contributed by atoms with Gasteiger partial charge in [-0.1, -0.05) is 0 Å². The molecule has 1 amide bonds. The minimum Gasteiger partial charge on any atom is -0.444 e. The number of carbonyl (C=O) groups is 1. The van der Waals surface area contributed by atoms with E-state index < -0.39 is 5.60 Å². The van der Waals surface area contributed by atoms with Crippen LogP contribution >= 0.6 is 0 Å². The Balaban J connectivity index is 2.07. The molecule has 0 saturated carbocycles. The summed E-state index contributed by atoms with van der Waals surface area (Å²) in [6.07, 6.45) is 1.68. The molecule has 0 aromatic heterocycles. The monoisotopic (exact) mass is 270 g/mol. The Morgan fingerprint density at radius 3 is 2.74 bits per heavy atom. The lowest BCUT2D eigenvalue weighted by atomic mass is 9.82. The van der Waals surface area contributed by atoms with Gasteiger partial charge in [-0.2, -0.15) is 0 Å². The maximum Gasteiger partial charge on any atom is 0.410 e. The van der Waals surface area contributed by atoms with Crippen molar-refractivity contribution in [3.63, 3.8) is 0 Å². The minimum absolute atomic E-state index is 0.182. The van der Waals surface area contributed by atoms with Gasteiger partial charge in [-0.25, -0.2) is 4.79 Å². The summed E-state index contributed by atoms with van der Waals surface area (Å²) in [4.78, 5) is 14.2. The summed E-state index contributed by atoms with van der Waals surface area (Å²) >= 11 is 0. The van der Waals surface area contributed by atoms with Crippen LogP contribution in [0.1, 0.15) is 33.6 Å². The van der Waals surface area contributed by atoms with Crippen LogP contribution in [0.15, 0.2) is 0 Å². The van der Waals surface area contributed by atoms with E-state index in [1.54, 1.807) is 0 Å². The number of nitrogens with one attached hydrogen (secondary N) is 1. The molecule has 0 aromatic rings. The van der Waals surface area contributed by atoms with Crippen LogP contribution in [-0.4, -0.2) is 55.5 Å². The topological polar surface area (TPSA) is 50.8 Å². The number of carbonyl (C=O) groups excluding carboxylic acids is 1. The molecule has 5 heteroatoms. The van der Waals surface area contributed by atoms with Gasteiger partial charge in [-0.3, -0.25) is 0 Å². The second-order valence-electron chi connectivity index (χ2n) is 6.45. The van der Waals surface area contributed by atoms with Gasteiger partial charge in [-0.05, 0) is 40.7 Å². The van der Waals surface area contributed by atoms with Gasteiger partial charge >= 0.3 is 6.09 Å². The van der Waals surface area contributed by atoms with E-state index in [4.69, 9.17) is 9.47 Å². The molecule has 19 heavy (non-hydrogen) atoms. The van der Waals surface area contributed by atoms with Crippen molar-refractivity contribution in [1.29, 1.82) is 0 Å². The Hall–Kier alpha value is -0.810. The standard InChI is InChI=1S/C14H26N2O3/c1-14(2,3)19-13(17)16-7-5-11(15-4)10-9-18-8-6-12(10)16/h10-12,15H,5-9H2,1-4H3. The van der Waals surface area contributed by atoms with E-state index >= 15 is 0 Å². The Kier molecular flexibility index (Phi) is 4.36. The van der Waals surface area contributed by atoms with E-state index in [0.29, 0.717) is 12.0 Å². The fourth-order valence-electron chi connectivity index (χ4n) is 3.08. The van der Waals surface area contributed by atoms with Crippen LogP contribution in [0.5, 0.6) is 0 Å². The molecule has 3 unspecified atom stereocenters. The number of fused-ring (bicyclic) bond motifs is 1. The van der Waals surface area contributed by atoms with Crippen LogP contribution in [0.2, 0.25) is 0 Å². The lowest BCUT2D eigenvalue weighted by Gasteiger charge is -2.47. The smallest absolute Gasteiger partial charge is 0.410 e. The van der Waals surface area contributed by atoms with Crippen molar-refractivity contribution in [3.8, 4) is 0 Å². The van der Waals surface area contributed by atoms with Crippen molar-refractivity contribution >= 4 is 6.09 Å². The van der Waals surface area contributed by atoms with Crippen LogP contribution in [-0.2, 0) is 9.47 Å². The number of rotatable bonds is 1. The fourth-order valence-corrected chi connectivity index (χ4v) is 3.08. The summed E-state index contributed by atoms with van der Waals surface area (Å²) in [7, 11) is 1.99. The predicted octanol–water partition coefficient (Wildman–Crippen LogP) is 1.62. The number of amides is 1. The van der Waals surface area contributed by atoms with Gasteiger partial charge in [0.1, 0.15) is 5.60 Å².